The minimum absolute atomic E-state index is 0.0845. The number of para-hydroxylation sites is 1. The lowest BCUT2D eigenvalue weighted by molar-refractivity contribution is -0.115. The van der Waals surface area contributed by atoms with E-state index in [4.69, 9.17) is 14.2 Å². The summed E-state index contributed by atoms with van der Waals surface area (Å²) < 4.78 is 17.4. The van der Waals surface area contributed by atoms with Crippen LogP contribution in [0.3, 0.4) is 0 Å². The largest absolute Gasteiger partial charge is 0.493 e. The molecule has 0 fully saturated rings. The molecular weight excluding hydrogens is 450 g/mol. The van der Waals surface area contributed by atoms with Crippen LogP contribution in [0.15, 0.2) is 65.5 Å². The van der Waals surface area contributed by atoms with Crippen molar-refractivity contribution < 1.29 is 24.1 Å². The molecule has 0 saturated heterocycles. The molecule has 0 aliphatic carbocycles. The molecule has 0 spiro atoms. The van der Waals surface area contributed by atoms with Crippen molar-refractivity contribution >= 4 is 22.5 Å². The summed E-state index contributed by atoms with van der Waals surface area (Å²) in [5.41, 5.74) is 2.01. The van der Waals surface area contributed by atoms with Crippen LogP contribution < -0.4 is 25.1 Å². The zero-order chi connectivity index (χ0) is 24.9. The first kappa shape index (κ1) is 23.8. The second-order valence-electron chi connectivity index (χ2n) is 7.65. The molecule has 0 aliphatic rings. The molecule has 180 valence electrons. The summed E-state index contributed by atoms with van der Waals surface area (Å²) in [6, 6.07) is 17.2. The Morgan fingerprint density at radius 1 is 0.971 bits per heavy atom. The summed E-state index contributed by atoms with van der Waals surface area (Å²) >= 11 is 0. The normalized spacial score (nSPS) is 10.7. The van der Waals surface area contributed by atoms with Crippen molar-refractivity contribution in [2.75, 3.05) is 26.6 Å². The summed E-state index contributed by atoms with van der Waals surface area (Å²) in [4.78, 5) is 30.1. The van der Waals surface area contributed by atoms with E-state index in [1.807, 2.05) is 0 Å². The maximum Gasteiger partial charge on any atom is 0.266 e. The predicted molar refractivity (Wildman–Crippen MR) is 132 cm³/mol. The van der Waals surface area contributed by atoms with E-state index in [0.717, 1.165) is 0 Å². The highest BCUT2D eigenvalue weighted by Crippen LogP contribution is 2.38. The molecule has 2 N–H and O–H groups in total. The predicted octanol–water partition coefficient (Wildman–Crippen LogP) is 3.09. The SMILES string of the molecule is COc1cc(CC(=O)Nc2ccc(-n3c(CO)nc4ccccc4c3=O)cc2)cc(OC)c1OC. The third kappa shape index (κ3) is 4.80. The van der Waals surface area contributed by atoms with E-state index in [0.29, 0.717) is 45.1 Å². The van der Waals surface area contributed by atoms with Gasteiger partial charge in [0.2, 0.25) is 11.7 Å². The van der Waals surface area contributed by atoms with E-state index in [2.05, 4.69) is 10.3 Å². The molecule has 9 heteroatoms. The average Bonchev–Trinajstić information content (AvgIpc) is 2.88. The fourth-order valence-electron chi connectivity index (χ4n) is 3.87. The van der Waals surface area contributed by atoms with E-state index in [1.54, 1.807) is 60.7 Å². The molecule has 0 radical (unpaired) electrons. The zero-order valence-corrected chi connectivity index (χ0v) is 19.6. The van der Waals surface area contributed by atoms with Crippen LogP contribution in [0.1, 0.15) is 11.4 Å². The Morgan fingerprint density at radius 2 is 1.63 bits per heavy atom. The highest BCUT2D eigenvalue weighted by Gasteiger charge is 2.16. The molecule has 1 amide bonds. The number of benzene rings is 3. The van der Waals surface area contributed by atoms with Crippen LogP contribution in [0, 0.1) is 0 Å². The van der Waals surface area contributed by atoms with Crippen molar-refractivity contribution in [1.82, 2.24) is 9.55 Å². The topological polar surface area (TPSA) is 112 Å². The Balaban J connectivity index is 1.55. The van der Waals surface area contributed by atoms with Crippen LogP contribution >= 0.6 is 0 Å². The van der Waals surface area contributed by atoms with E-state index in [-0.39, 0.29) is 23.7 Å². The molecule has 1 heterocycles. The summed E-state index contributed by atoms with van der Waals surface area (Å²) in [5, 5.41) is 13.1. The number of amides is 1. The number of hydrogen-bond donors (Lipinski definition) is 2. The van der Waals surface area contributed by atoms with E-state index >= 15 is 0 Å². The molecular formula is C26H25N3O6. The lowest BCUT2D eigenvalue weighted by Crippen LogP contribution is -2.24. The lowest BCUT2D eigenvalue weighted by atomic mass is 10.1. The number of carbonyl (C=O) groups is 1. The van der Waals surface area contributed by atoms with Gasteiger partial charge in [-0.3, -0.25) is 14.2 Å². The van der Waals surface area contributed by atoms with Crippen LogP contribution in [0.25, 0.3) is 16.6 Å². The van der Waals surface area contributed by atoms with Gasteiger partial charge in [-0.25, -0.2) is 4.98 Å². The first-order valence-corrected chi connectivity index (χ1v) is 10.8. The van der Waals surface area contributed by atoms with Gasteiger partial charge in [0.15, 0.2) is 11.5 Å². The molecule has 0 unspecified atom stereocenters. The highest BCUT2D eigenvalue weighted by atomic mass is 16.5. The summed E-state index contributed by atoms with van der Waals surface area (Å²) in [6.45, 7) is -0.395. The number of methoxy groups -OCH3 is 3. The summed E-state index contributed by atoms with van der Waals surface area (Å²) in [5.74, 6) is 1.37. The molecule has 4 rings (SSSR count). The third-order valence-electron chi connectivity index (χ3n) is 5.49. The van der Waals surface area contributed by atoms with Crippen molar-refractivity contribution in [3.63, 3.8) is 0 Å². The number of rotatable bonds is 8. The Labute approximate surface area is 201 Å². The number of ether oxygens (including phenoxy) is 3. The van der Waals surface area contributed by atoms with Gasteiger partial charge in [0.1, 0.15) is 12.4 Å². The van der Waals surface area contributed by atoms with E-state index in [9.17, 15) is 14.7 Å². The average molecular weight is 476 g/mol. The van der Waals surface area contributed by atoms with Crippen LogP contribution in [0.2, 0.25) is 0 Å². The Kier molecular flexibility index (Phi) is 6.98. The zero-order valence-electron chi connectivity index (χ0n) is 19.6. The fourth-order valence-corrected chi connectivity index (χ4v) is 3.87. The van der Waals surface area contributed by atoms with Gasteiger partial charge in [0.25, 0.3) is 5.56 Å². The first-order chi connectivity index (χ1) is 17.0. The molecule has 35 heavy (non-hydrogen) atoms. The third-order valence-corrected chi connectivity index (χ3v) is 5.49. The molecule has 3 aromatic carbocycles. The van der Waals surface area contributed by atoms with Gasteiger partial charge in [-0.15, -0.1) is 0 Å². The Morgan fingerprint density at radius 3 is 2.23 bits per heavy atom. The van der Waals surface area contributed by atoms with Crippen LogP contribution in [-0.4, -0.2) is 41.9 Å². The Hall–Kier alpha value is -4.37. The van der Waals surface area contributed by atoms with E-state index < -0.39 is 6.61 Å². The van der Waals surface area contributed by atoms with Crippen molar-refractivity contribution in [2.45, 2.75) is 13.0 Å². The standard InChI is InChI=1S/C26H25N3O6/c1-33-21-12-16(13-22(34-2)25(21)35-3)14-24(31)27-17-8-10-18(11-9-17)29-23(15-30)28-20-7-5-4-6-19(20)26(29)32/h4-13,30H,14-15H2,1-3H3,(H,27,31). The monoisotopic (exact) mass is 475 g/mol. The fraction of sp³-hybridized carbons (Fsp3) is 0.192. The summed E-state index contributed by atoms with van der Waals surface area (Å²) in [6.07, 6.45) is 0.0845. The number of fused-ring (bicyclic) bond motifs is 1. The second kappa shape index (κ2) is 10.3. The van der Waals surface area contributed by atoms with Crippen molar-refractivity contribution in [1.29, 1.82) is 0 Å². The van der Waals surface area contributed by atoms with Crippen molar-refractivity contribution in [3.8, 4) is 22.9 Å². The molecule has 0 aliphatic heterocycles. The maximum atomic E-state index is 13.0. The van der Waals surface area contributed by atoms with Gasteiger partial charge in [-0.2, -0.15) is 0 Å². The number of nitrogens with zero attached hydrogens (tertiary/aromatic N) is 2. The first-order valence-electron chi connectivity index (χ1n) is 10.8. The molecule has 9 nitrogen and oxygen atoms in total. The van der Waals surface area contributed by atoms with Gasteiger partial charge < -0.3 is 24.6 Å². The minimum atomic E-state index is -0.395. The quantitative estimate of drug-likeness (QED) is 0.403. The number of hydrogen-bond acceptors (Lipinski definition) is 7. The van der Waals surface area contributed by atoms with Gasteiger partial charge in [-0.1, -0.05) is 12.1 Å². The molecule has 0 saturated carbocycles. The number of aliphatic hydroxyl groups excluding tert-OH is 1. The van der Waals surface area contributed by atoms with Crippen LogP contribution in [-0.2, 0) is 17.8 Å². The lowest BCUT2D eigenvalue weighted by Gasteiger charge is -2.14. The van der Waals surface area contributed by atoms with Gasteiger partial charge in [0.05, 0.1) is 44.3 Å². The van der Waals surface area contributed by atoms with Crippen molar-refractivity contribution in [2.24, 2.45) is 0 Å². The number of aromatic nitrogens is 2. The van der Waals surface area contributed by atoms with Crippen LogP contribution in [0.5, 0.6) is 17.2 Å². The van der Waals surface area contributed by atoms with Gasteiger partial charge in [0, 0.05) is 5.69 Å². The number of anilines is 1. The molecule has 4 aromatic rings. The highest BCUT2D eigenvalue weighted by molar-refractivity contribution is 5.92. The van der Waals surface area contributed by atoms with Gasteiger partial charge >= 0.3 is 0 Å². The van der Waals surface area contributed by atoms with E-state index in [1.165, 1.54) is 25.9 Å². The Bertz CT molecular complexity index is 1400. The number of carbonyl (C=O) groups excluding carboxylic acids is 1. The second-order valence-corrected chi connectivity index (χ2v) is 7.65. The smallest absolute Gasteiger partial charge is 0.266 e. The molecule has 0 atom stereocenters. The number of aliphatic hydroxyl groups is 1. The molecule has 1 aromatic heterocycles. The molecule has 0 bridgehead atoms. The van der Waals surface area contributed by atoms with Crippen molar-refractivity contribution in [3.05, 3.63) is 82.4 Å². The minimum Gasteiger partial charge on any atom is -0.493 e. The van der Waals surface area contributed by atoms with Crippen LogP contribution in [0.4, 0.5) is 5.69 Å². The van der Waals surface area contributed by atoms with Gasteiger partial charge in [-0.05, 0) is 54.1 Å². The number of nitrogens with one attached hydrogen (secondary N) is 1. The summed E-state index contributed by atoms with van der Waals surface area (Å²) in [7, 11) is 4.55. The maximum absolute atomic E-state index is 13.0.